The van der Waals surface area contributed by atoms with Crippen molar-refractivity contribution in [2.45, 2.75) is 25.6 Å². The van der Waals surface area contributed by atoms with E-state index in [1.165, 1.54) is 6.07 Å². The van der Waals surface area contributed by atoms with Crippen LogP contribution in [-0.4, -0.2) is 52.2 Å². The summed E-state index contributed by atoms with van der Waals surface area (Å²) in [6.45, 7) is 0.389. The summed E-state index contributed by atoms with van der Waals surface area (Å²) in [5, 5.41) is 0.580. The van der Waals surface area contributed by atoms with Crippen molar-refractivity contribution in [1.82, 2.24) is 19.3 Å². The molecule has 0 radical (unpaired) electrons. The van der Waals surface area contributed by atoms with Crippen molar-refractivity contribution in [2.75, 3.05) is 31.2 Å². The Morgan fingerprint density at radius 3 is 2.54 bits per heavy atom. The number of nitrogens with zero attached hydrogens (tertiary/aromatic N) is 5. The number of rotatable bonds is 5. The molecule has 2 aliphatic rings. The summed E-state index contributed by atoms with van der Waals surface area (Å²) in [6, 6.07) is 12.1. The zero-order chi connectivity index (χ0) is 23.9. The van der Waals surface area contributed by atoms with Gasteiger partial charge >= 0.3 is 6.61 Å². The smallest absolute Gasteiger partial charge is 0.387 e. The van der Waals surface area contributed by atoms with Crippen molar-refractivity contribution in [1.29, 1.82) is 0 Å². The molecular weight excluding hydrogens is 456 g/mol. The molecule has 35 heavy (non-hydrogen) atoms. The predicted molar refractivity (Wildman–Crippen MR) is 126 cm³/mol. The first kappa shape index (κ1) is 21.7. The van der Waals surface area contributed by atoms with E-state index in [1.807, 2.05) is 16.8 Å². The standard InChI is InChI=1S/C25H23F2N5O3/c26-24(27)35-22-4-2-1-3-18(22)20-7-8-31-23(33)19-6-5-16(13-21(19)32(20)31)17-14-28-25(29-15-17)30-9-11-34-12-10-30/h1-6,13-15,20,24H,7-12H2/t20-/m1/s1. The fourth-order valence-corrected chi connectivity index (χ4v) is 5.00. The first-order valence-electron chi connectivity index (χ1n) is 11.5. The molecule has 10 heteroatoms. The molecule has 8 nitrogen and oxygen atoms in total. The van der Waals surface area contributed by atoms with Crippen molar-refractivity contribution >= 4 is 16.9 Å². The Morgan fingerprint density at radius 1 is 1.00 bits per heavy atom. The van der Waals surface area contributed by atoms with E-state index in [2.05, 4.69) is 14.9 Å². The lowest BCUT2D eigenvalue weighted by molar-refractivity contribution is -0.0507. The van der Waals surface area contributed by atoms with Crippen LogP contribution >= 0.6 is 0 Å². The van der Waals surface area contributed by atoms with E-state index in [-0.39, 0.29) is 17.4 Å². The number of para-hydroxylation sites is 1. The number of hydrogen-bond donors (Lipinski definition) is 0. The van der Waals surface area contributed by atoms with Crippen LogP contribution in [0, 0.1) is 0 Å². The lowest BCUT2D eigenvalue weighted by Gasteiger charge is -2.26. The van der Waals surface area contributed by atoms with E-state index in [0.717, 1.165) is 29.7 Å². The summed E-state index contributed by atoms with van der Waals surface area (Å²) in [6.07, 6.45) is 4.17. The summed E-state index contributed by atoms with van der Waals surface area (Å²) in [5.74, 6) is 0.785. The van der Waals surface area contributed by atoms with E-state index in [1.54, 1.807) is 41.3 Å². The molecule has 0 aliphatic carbocycles. The Kier molecular flexibility index (Phi) is 5.44. The summed E-state index contributed by atoms with van der Waals surface area (Å²) in [4.78, 5) is 24.2. The Morgan fingerprint density at radius 2 is 1.77 bits per heavy atom. The molecule has 2 aromatic carbocycles. The van der Waals surface area contributed by atoms with Crippen molar-refractivity contribution in [2.24, 2.45) is 0 Å². The maximum Gasteiger partial charge on any atom is 0.387 e. The van der Waals surface area contributed by atoms with Gasteiger partial charge in [0, 0.05) is 43.2 Å². The maximum absolute atomic E-state index is 13.1. The normalized spacial score (nSPS) is 17.8. The SMILES string of the molecule is O=c1c2ccc(-c3cnc(N4CCOCC4)nc3)cc2n2n1CC[C@@H]2c1ccccc1OC(F)F. The van der Waals surface area contributed by atoms with Gasteiger partial charge in [0.05, 0.1) is 30.2 Å². The van der Waals surface area contributed by atoms with Gasteiger partial charge < -0.3 is 14.4 Å². The van der Waals surface area contributed by atoms with Gasteiger partial charge in [0.1, 0.15) is 5.75 Å². The molecule has 180 valence electrons. The summed E-state index contributed by atoms with van der Waals surface area (Å²) in [5.41, 5.74) is 2.96. The number of fused-ring (bicyclic) bond motifs is 3. The molecular formula is C25H23F2N5O3. The third-order valence-corrected chi connectivity index (χ3v) is 6.64. The lowest BCUT2D eigenvalue weighted by Crippen LogP contribution is -2.37. The average molecular weight is 479 g/mol. The van der Waals surface area contributed by atoms with E-state index >= 15 is 0 Å². The minimum absolute atomic E-state index is 0.0970. The van der Waals surface area contributed by atoms with Gasteiger partial charge in [0.2, 0.25) is 5.95 Å². The van der Waals surface area contributed by atoms with Gasteiger partial charge in [-0.1, -0.05) is 24.3 Å². The van der Waals surface area contributed by atoms with Crippen LogP contribution in [0.1, 0.15) is 18.0 Å². The molecule has 1 saturated heterocycles. The molecule has 1 atom stereocenters. The first-order chi connectivity index (χ1) is 17.1. The Hall–Kier alpha value is -3.79. The number of halogens is 2. The number of ether oxygens (including phenoxy) is 2. The molecule has 4 heterocycles. The fourth-order valence-electron chi connectivity index (χ4n) is 5.00. The van der Waals surface area contributed by atoms with Gasteiger partial charge in [-0.25, -0.2) is 14.6 Å². The summed E-state index contributed by atoms with van der Waals surface area (Å²) < 4.78 is 39.8. The lowest BCUT2D eigenvalue weighted by atomic mass is 10.0. The molecule has 0 amide bonds. The van der Waals surface area contributed by atoms with Crippen LogP contribution in [0.2, 0.25) is 0 Å². The fraction of sp³-hybridized carbons (Fsp3) is 0.320. The molecule has 0 bridgehead atoms. The van der Waals surface area contributed by atoms with E-state index in [4.69, 9.17) is 9.47 Å². The van der Waals surface area contributed by atoms with Gasteiger partial charge in [-0.05, 0) is 30.2 Å². The minimum Gasteiger partial charge on any atom is -0.434 e. The van der Waals surface area contributed by atoms with Crippen molar-refractivity contribution in [3.05, 3.63) is 70.8 Å². The van der Waals surface area contributed by atoms with Gasteiger partial charge in [0.15, 0.2) is 0 Å². The van der Waals surface area contributed by atoms with Crippen LogP contribution in [0.4, 0.5) is 14.7 Å². The van der Waals surface area contributed by atoms with Crippen LogP contribution in [0.3, 0.4) is 0 Å². The van der Waals surface area contributed by atoms with Crippen LogP contribution in [-0.2, 0) is 11.3 Å². The molecule has 0 saturated carbocycles. The van der Waals surface area contributed by atoms with Crippen molar-refractivity contribution in [3.8, 4) is 16.9 Å². The van der Waals surface area contributed by atoms with Gasteiger partial charge in [-0.3, -0.25) is 9.48 Å². The third-order valence-electron chi connectivity index (χ3n) is 6.64. The molecule has 4 aromatic rings. The molecule has 0 unspecified atom stereocenters. The topological polar surface area (TPSA) is 74.4 Å². The Balaban J connectivity index is 1.40. The second kappa shape index (κ2) is 8.77. The van der Waals surface area contributed by atoms with Crippen molar-refractivity contribution < 1.29 is 18.3 Å². The number of morpholine rings is 1. The van der Waals surface area contributed by atoms with Crippen LogP contribution in [0.5, 0.6) is 5.75 Å². The average Bonchev–Trinajstić information content (AvgIpc) is 3.44. The molecule has 1 fully saturated rings. The zero-order valence-corrected chi connectivity index (χ0v) is 18.8. The van der Waals surface area contributed by atoms with E-state index in [0.29, 0.717) is 43.1 Å². The summed E-state index contributed by atoms with van der Waals surface area (Å²) in [7, 11) is 0. The number of benzene rings is 2. The third kappa shape index (κ3) is 3.83. The summed E-state index contributed by atoms with van der Waals surface area (Å²) >= 11 is 0. The molecule has 6 rings (SSSR count). The molecule has 0 spiro atoms. The zero-order valence-electron chi connectivity index (χ0n) is 18.8. The quantitative estimate of drug-likeness (QED) is 0.435. The number of aromatic nitrogens is 4. The van der Waals surface area contributed by atoms with E-state index in [9.17, 15) is 13.6 Å². The van der Waals surface area contributed by atoms with Crippen molar-refractivity contribution in [3.63, 3.8) is 0 Å². The predicted octanol–water partition coefficient (Wildman–Crippen LogP) is 3.69. The van der Waals surface area contributed by atoms with Gasteiger partial charge in [0.25, 0.3) is 5.56 Å². The highest BCUT2D eigenvalue weighted by Gasteiger charge is 2.30. The molecule has 0 N–H and O–H groups in total. The number of alkyl halides is 2. The highest BCUT2D eigenvalue weighted by Crippen LogP contribution is 2.37. The molecule has 2 aromatic heterocycles. The molecule has 2 aliphatic heterocycles. The van der Waals surface area contributed by atoms with Crippen LogP contribution in [0.15, 0.2) is 59.7 Å². The van der Waals surface area contributed by atoms with E-state index < -0.39 is 6.61 Å². The Labute approximate surface area is 199 Å². The first-order valence-corrected chi connectivity index (χ1v) is 11.5. The van der Waals surface area contributed by atoms with Crippen LogP contribution < -0.4 is 15.2 Å². The largest absolute Gasteiger partial charge is 0.434 e. The highest BCUT2D eigenvalue weighted by molar-refractivity contribution is 5.84. The van der Waals surface area contributed by atoms with Crippen LogP contribution in [0.25, 0.3) is 22.0 Å². The second-order valence-electron chi connectivity index (χ2n) is 8.60. The van der Waals surface area contributed by atoms with Gasteiger partial charge in [-0.15, -0.1) is 0 Å². The monoisotopic (exact) mass is 479 g/mol. The maximum atomic E-state index is 13.1. The highest BCUT2D eigenvalue weighted by atomic mass is 19.3. The second-order valence-corrected chi connectivity index (χ2v) is 8.60. The minimum atomic E-state index is -2.92. The van der Waals surface area contributed by atoms with Gasteiger partial charge in [-0.2, -0.15) is 8.78 Å². The number of hydrogen-bond acceptors (Lipinski definition) is 6. The Bertz CT molecular complexity index is 1430. The number of anilines is 1.